The monoisotopic (exact) mass is 410 g/mol. The molecule has 2 aromatic carbocycles. The molecule has 2 atom stereocenters. The van der Waals surface area contributed by atoms with E-state index in [1.165, 1.54) is 16.2 Å². The van der Waals surface area contributed by atoms with Crippen LogP contribution in [0.15, 0.2) is 52.9 Å². The Balaban J connectivity index is 1.54. The molecule has 2 unspecified atom stereocenters. The number of benzene rings is 2. The fourth-order valence-electron chi connectivity index (χ4n) is 3.44. The molecule has 2 aromatic heterocycles. The maximum absolute atomic E-state index is 12.8. The van der Waals surface area contributed by atoms with Gasteiger partial charge in [0.1, 0.15) is 22.5 Å². The van der Waals surface area contributed by atoms with Gasteiger partial charge in [-0.2, -0.15) is 0 Å². The third-order valence-corrected chi connectivity index (χ3v) is 6.10. The Morgan fingerprint density at radius 1 is 1.17 bits per heavy atom. The number of amides is 1. The SMILES string of the molecule is CCc1oc2ccccc2c1CN(C)C(=O)C(O)C(O)c1nc2ccccc2s1. The number of hydrogen-bond donors (Lipinski definition) is 2. The summed E-state index contributed by atoms with van der Waals surface area (Å²) >= 11 is 1.27. The van der Waals surface area contributed by atoms with Crippen LogP contribution in [0.4, 0.5) is 0 Å². The van der Waals surface area contributed by atoms with E-state index in [-0.39, 0.29) is 6.54 Å². The number of carbonyl (C=O) groups is 1. The summed E-state index contributed by atoms with van der Waals surface area (Å²) in [5.41, 5.74) is 2.42. The van der Waals surface area contributed by atoms with Crippen LogP contribution in [0.1, 0.15) is 29.4 Å². The van der Waals surface area contributed by atoms with Crippen LogP contribution in [0.2, 0.25) is 0 Å². The second-order valence-corrected chi connectivity index (χ2v) is 8.02. The first-order chi connectivity index (χ1) is 14.0. The molecule has 29 heavy (non-hydrogen) atoms. The Bertz CT molecular complexity index is 1130. The molecule has 7 heteroatoms. The molecule has 0 aliphatic rings. The molecule has 0 radical (unpaired) electrons. The first-order valence-electron chi connectivity index (χ1n) is 9.45. The molecule has 0 bridgehead atoms. The fourth-order valence-corrected chi connectivity index (χ4v) is 4.42. The van der Waals surface area contributed by atoms with Crippen LogP contribution in [-0.4, -0.2) is 39.2 Å². The van der Waals surface area contributed by atoms with Gasteiger partial charge in [-0.05, 0) is 18.2 Å². The van der Waals surface area contributed by atoms with Crippen molar-refractivity contribution in [2.24, 2.45) is 0 Å². The lowest BCUT2D eigenvalue weighted by molar-refractivity contribution is -0.145. The molecule has 4 aromatic rings. The summed E-state index contributed by atoms with van der Waals surface area (Å²) in [6.45, 7) is 2.28. The summed E-state index contributed by atoms with van der Waals surface area (Å²) in [4.78, 5) is 18.6. The molecule has 0 saturated carbocycles. The van der Waals surface area contributed by atoms with Crippen molar-refractivity contribution in [3.8, 4) is 0 Å². The number of fused-ring (bicyclic) bond motifs is 2. The molecular weight excluding hydrogens is 388 g/mol. The van der Waals surface area contributed by atoms with E-state index in [0.29, 0.717) is 11.4 Å². The number of para-hydroxylation sites is 2. The fraction of sp³-hybridized carbons (Fsp3) is 0.273. The van der Waals surface area contributed by atoms with Crippen molar-refractivity contribution in [3.63, 3.8) is 0 Å². The molecule has 1 amide bonds. The van der Waals surface area contributed by atoms with E-state index in [9.17, 15) is 15.0 Å². The number of furan rings is 1. The zero-order valence-corrected chi connectivity index (χ0v) is 17.0. The second kappa shape index (κ2) is 7.94. The maximum Gasteiger partial charge on any atom is 0.254 e. The van der Waals surface area contributed by atoms with Gasteiger partial charge in [0.15, 0.2) is 6.10 Å². The summed E-state index contributed by atoms with van der Waals surface area (Å²) in [6.07, 6.45) is -2.28. The predicted molar refractivity (Wildman–Crippen MR) is 113 cm³/mol. The summed E-state index contributed by atoms with van der Waals surface area (Å²) in [7, 11) is 1.61. The summed E-state index contributed by atoms with van der Waals surface area (Å²) in [5.74, 6) is 0.246. The van der Waals surface area contributed by atoms with Crippen LogP contribution >= 0.6 is 11.3 Å². The van der Waals surface area contributed by atoms with Crippen molar-refractivity contribution < 1.29 is 19.4 Å². The Kier molecular flexibility index (Phi) is 5.36. The molecule has 4 rings (SSSR count). The third kappa shape index (κ3) is 3.64. The van der Waals surface area contributed by atoms with Gasteiger partial charge >= 0.3 is 0 Å². The van der Waals surface area contributed by atoms with Crippen molar-refractivity contribution in [2.75, 3.05) is 7.05 Å². The van der Waals surface area contributed by atoms with Crippen molar-refractivity contribution in [1.82, 2.24) is 9.88 Å². The minimum absolute atomic E-state index is 0.280. The number of likely N-dealkylation sites (N-methyl/N-ethyl adjacent to an activating group) is 1. The lowest BCUT2D eigenvalue weighted by Crippen LogP contribution is -2.39. The van der Waals surface area contributed by atoms with Gasteiger partial charge in [-0.15, -0.1) is 11.3 Å². The van der Waals surface area contributed by atoms with Crippen LogP contribution in [0.5, 0.6) is 0 Å². The molecule has 150 valence electrons. The first-order valence-corrected chi connectivity index (χ1v) is 10.3. The zero-order valence-electron chi connectivity index (χ0n) is 16.2. The highest BCUT2D eigenvalue weighted by molar-refractivity contribution is 7.18. The Hall–Kier alpha value is -2.74. The molecular formula is C22H22N2O4S. The normalized spacial score (nSPS) is 13.7. The van der Waals surface area contributed by atoms with Gasteiger partial charge in [0.05, 0.1) is 10.2 Å². The van der Waals surface area contributed by atoms with Crippen molar-refractivity contribution in [1.29, 1.82) is 0 Å². The zero-order chi connectivity index (χ0) is 20.5. The van der Waals surface area contributed by atoms with Crippen LogP contribution in [0.25, 0.3) is 21.2 Å². The average molecular weight is 410 g/mol. The van der Waals surface area contributed by atoms with E-state index in [1.54, 1.807) is 7.05 Å². The largest absolute Gasteiger partial charge is 0.461 e. The number of aliphatic hydroxyl groups is 2. The summed E-state index contributed by atoms with van der Waals surface area (Å²) < 4.78 is 6.78. The molecule has 0 aliphatic carbocycles. The number of nitrogens with zero attached hydrogens (tertiary/aromatic N) is 2. The summed E-state index contributed by atoms with van der Waals surface area (Å²) in [6, 6.07) is 15.1. The van der Waals surface area contributed by atoms with E-state index in [1.807, 2.05) is 55.5 Å². The highest BCUT2D eigenvalue weighted by Crippen LogP contribution is 2.30. The minimum Gasteiger partial charge on any atom is -0.461 e. The third-order valence-electron chi connectivity index (χ3n) is 4.99. The molecule has 0 aliphatic heterocycles. The Labute approximate surface area is 172 Å². The van der Waals surface area contributed by atoms with Crippen molar-refractivity contribution in [2.45, 2.75) is 32.1 Å². The van der Waals surface area contributed by atoms with Crippen LogP contribution in [-0.2, 0) is 17.8 Å². The Morgan fingerprint density at radius 3 is 2.66 bits per heavy atom. The number of aromatic nitrogens is 1. The lowest BCUT2D eigenvalue weighted by atomic mass is 10.1. The molecule has 2 heterocycles. The molecule has 6 nitrogen and oxygen atoms in total. The maximum atomic E-state index is 12.8. The van der Waals surface area contributed by atoms with E-state index in [0.717, 1.165) is 32.5 Å². The number of hydrogen-bond acceptors (Lipinski definition) is 6. The first kappa shape index (κ1) is 19.6. The highest BCUT2D eigenvalue weighted by Gasteiger charge is 2.31. The molecule has 0 spiro atoms. The number of aliphatic hydroxyl groups excluding tert-OH is 2. The molecule has 0 saturated heterocycles. The van der Waals surface area contributed by atoms with Gasteiger partial charge in [-0.3, -0.25) is 4.79 Å². The van der Waals surface area contributed by atoms with Gasteiger partial charge in [-0.1, -0.05) is 37.3 Å². The number of thiazole rings is 1. The lowest BCUT2D eigenvalue weighted by Gasteiger charge is -2.23. The van der Waals surface area contributed by atoms with Crippen molar-refractivity contribution in [3.05, 3.63) is 64.9 Å². The van der Waals surface area contributed by atoms with E-state index in [4.69, 9.17) is 4.42 Å². The second-order valence-electron chi connectivity index (χ2n) is 6.96. The van der Waals surface area contributed by atoms with E-state index < -0.39 is 18.1 Å². The van der Waals surface area contributed by atoms with E-state index >= 15 is 0 Å². The summed E-state index contributed by atoms with van der Waals surface area (Å²) in [5, 5.41) is 22.3. The Morgan fingerprint density at radius 2 is 1.90 bits per heavy atom. The van der Waals surface area contributed by atoms with Gasteiger partial charge in [0, 0.05) is 31.0 Å². The predicted octanol–water partition coefficient (Wildman–Crippen LogP) is 3.66. The van der Waals surface area contributed by atoms with Gasteiger partial charge in [0.2, 0.25) is 0 Å². The number of aryl methyl sites for hydroxylation is 1. The smallest absolute Gasteiger partial charge is 0.254 e. The van der Waals surface area contributed by atoms with Gasteiger partial charge in [-0.25, -0.2) is 4.98 Å². The van der Waals surface area contributed by atoms with Crippen LogP contribution in [0, 0.1) is 0 Å². The average Bonchev–Trinajstić information content (AvgIpc) is 3.33. The number of carbonyl (C=O) groups excluding carboxylic acids is 1. The molecule has 2 N–H and O–H groups in total. The number of rotatable bonds is 6. The standard InChI is InChI=1S/C22H22N2O4S/c1-3-16-14(13-8-4-6-10-17(13)28-16)12-24(2)22(27)20(26)19(25)21-23-15-9-5-7-11-18(15)29-21/h4-11,19-20,25-26H,3,12H2,1-2H3. The highest BCUT2D eigenvalue weighted by atomic mass is 32.1. The van der Waals surface area contributed by atoms with E-state index in [2.05, 4.69) is 4.98 Å². The topological polar surface area (TPSA) is 86.8 Å². The molecule has 0 fully saturated rings. The van der Waals surface area contributed by atoms with Crippen molar-refractivity contribution >= 4 is 38.4 Å². The quantitative estimate of drug-likeness (QED) is 0.507. The minimum atomic E-state index is -1.59. The van der Waals surface area contributed by atoms with Crippen LogP contribution < -0.4 is 0 Å². The van der Waals surface area contributed by atoms with Gasteiger partial charge < -0.3 is 19.5 Å². The van der Waals surface area contributed by atoms with Gasteiger partial charge in [0.25, 0.3) is 5.91 Å². The van der Waals surface area contributed by atoms with Crippen LogP contribution in [0.3, 0.4) is 0 Å².